The summed E-state index contributed by atoms with van der Waals surface area (Å²) in [5, 5.41) is 2.25. The zero-order valence-corrected chi connectivity index (χ0v) is 17.3. The molecule has 0 unspecified atom stereocenters. The molecule has 0 aliphatic carbocycles. The molecule has 3 aromatic rings. The van der Waals surface area contributed by atoms with Crippen LogP contribution < -0.4 is 10.6 Å². The lowest BCUT2D eigenvalue weighted by atomic mass is 10.0. The number of nitrogens with one attached hydrogen (secondary N) is 1. The molecule has 4 nitrogen and oxygen atoms in total. The van der Waals surface area contributed by atoms with Crippen LogP contribution in [0.3, 0.4) is 0 Å². The maximum Gasteiger partial charge on any atom is 0.192 e. The monoisotopic (exact) mass is 384 g/mol. The van der Waals surface area contributed by atoms with Gasteiger partial charge in [0.1, 0.15) is 5.69 Å². The molecular weight excluding hydrogens is 364 g/mol. The Morgan fingerprint density at radius 3 is 2.50 bits per heavy atom. The number of ketones is 1. The van der Waals surface area contributed by atoms with Crippen LogP contribution in [-0.2, 0) is 0 Å². The second kappa shape index (κ2) is 6.48. The van der Waals surface area contributed by atoms with E-state index in [0.717, 1.165) is 16.1 Å². The third-order valence-electron chi connectivity index (χ3n) is 4.49. The Labute approximate surface area is 158 Å². The Morgan fingerprint density at radius 1 is 1.19 bits per heavy atom. The highest BCUT2D eigenvalue weighted by Gasteiger charge is 2.22. The van der Waals surface area contributed by atoms with Gasteiger partial charge in [0.25, 0.3) is 0 Å². The quantitative estimate of drug-likeness (QED) is 0.541. The van der Waals surface area contributed by atoms with Gasteiger partial charge in [-0.15, -0.1) is 0 Å². The number of Topliss-reactive ketones (excluding diaryl/α,β-unsaturated/α-hetero) is 1. The molecular formula is C20H21ClN2O2Si. The van der Waals surface area contributed by atoms with Crippen LogP contribution in [0.15, 0.2) is 35.3 Å². The summed E-state index contributed by atoms with van der Waals surface area (Å²) in [5.41, 5.74) is 3.19. The summed E-state index contributed by atoms with van der Waals surface area (Å²) in [4.78, 5) is 31.8. The van der Waals surface area contributed by atoms with E-state index in [1.807, 2.05) is 13.0 Å². The molecule has 0 aliphatic heterocycles. The Morgan fingerprint density at radius 2 is 1.88 bits per heavy atom. The van der Waals surface area contributed by atoms with Crippen LogP contribution in [0.1, 0.15) is 23.0 Å². The Balaban J connectivity index is 2.26. The van der Waals surface area contributed by atoms with E-state index >= 15 is 0 Å². The number of hydrogen-bond donors (Lipinski definition) is 1. The number of pyridine rings is 2. The summed E-state index contributed by atoms with van der Waals surface area (Å²) in [6, 6.07) is 7.28. The molecule has 26 heavy (non-hydrogen) atoms. The van der Waals surface area contributed by atoms with E-state index in [9.17, 15) is 9.59 Å². The molecule has 0 aliphatic rings. The minimum Gasteiger partial charge on any atom is -0.354 e. The van der Waals surface area contributed by atoms with Gasteiger partial charge >= 0.3 is 0 Å². The van der Waals surface area contributed by atoms with Crippen molar-refractivity contribution in [1.29, 1.82) is 0 Å². The molecule has 0 amide bonds. The molecule has 0 fully saturated rings. The fraction of sp³-hybridized carbons (Fsp3) is 0.250. The molecule has 2 aromatic heterocycles. The molecule has 0 bridgehead atoms. The summed E-state index contributed by atoms with van der Waals surface area (Å²) < 4.78 is 0. The summed E-state index contributed by atoms with van der Waals surface area (Å²) in [7, 11) is -1.56. The second-order valence-corrected chi connectivity index (χ2v) is 13.0. The van der Waals surface area contributed by atoms with Crippen molar-refractivity contribution in [3.63, 3.8) is 0 Å². The van der Waals surface area contributed by atoms with E-state index in [1.54, 1.807) is 6.07 Å². The largest absolute Gasteiger partial charge is 0.354 e. The minimum atomic E-state index is -1.56. The molecule has 2 heterocycles. The van der Waals surface area contributed by atoms with Crippen LogP contribution >= 0.6 is 11.6 Å². The van der Waals surface area contributed by atoms with E-state index < -0.39 is 8.07 Å². The van der Waals surface area contributed by atoms with E-state index in [1.165, 1.54) is 24.4 Å². The average Bonchev–Trinajstić information content (AvgIpc) is 2.54. The summed E-state index contributed by atoms with van der Waals surface area (Å²) >= 11 is 6.55. The van der Waals surface area contributed by atoms with Crippen molar-refractivity contribution >= 4 is 41.5 Å². The van der Waals surface area contributed by atoms with Gasteiger partial charge in [0.05, 0.1) is 24.7 Å². The highest BCUT2D eigenvalue weighted by Crippen LogP contribution is 2.26. The van der Waals surface area contributed by atoms with Crippen molar-refractivity contribution < 1.29 is 4.79 Å². The lowest BCUT2D eigenvalue weighted by molar-refractivity contribution is 0.101. The zero-order valence-electron chi connectivity index (χ0n) is 15.5. The first-order chi connectivity index (χ1) is 12.1. The Hall–Kier alpha value is -2.24. The number of carbonyl (C=O) groups is 1. The van der Waals surface area contributed by atoms with Gasteiger partial charge in [-0.3, -0.25) is 14.6 Å². The average molecular weight is 385 g/mol. The number of nitrogens with zero attached hydrogens (tertiary/aromatic N) is 1. The first-order valence-electron chi connectivity index (χ1n) is 8.43. The van der Waals surface area contributed by atoms with Gasteiger partial charge in [-0.05, 0) is 29.8 Å². The molecule has 0 radical (unpaired) electrons. The highest BCUT2D eigenvalue weighted by molar-refractivity contribution is 6.90. The van der Waals surface area contributed by atoms with Crippen LogP contribution in [0, 0.1) is 6.92 Å². The third-order valence-corrected chi connectivity index (χ3v) is 6.99. The van der Waals surface area contributed by atoms with Crippen molar-refractivity contribution in [3.05, 3.63) is 57.0 Å². The molecule has 1 aromatic carbocycles. The smallest absolute Gasteiger partial charge is 0.192 e. The van der Waals surface area contributed by atoms with Gasteiger partial charge in [0.15, 0.2) is 11.2 Å². The lowest BCUT2D eigenvalue weighted by Crippen LogP contribution is -2.38. The van der Waals surface area contributed by atoms with Crippen LogP contribution in [0.5, 0.6) is 0 Å². The van der Waals surface area contributed by atoms with Gasteiger partial charge < -0.3 is 4.98 Å². The molecule has 3 rings (SSSR count). The maximum absolute atomic E-state index is 12.7. The normalized spacial score (nSPS) is 11.8. The number of aromatic amines is 1. The van der Waals surface area contributed by atoms with Gasteiger partial charge in [-0.2, -0.15) is 0 Å². The summed E-state index contributed by atoms with van der Waals surface area (Å²) in [6.07, 6.45) is 1.53. The number of halogens is 1. The van der Waals surface area contributed by atoms with E-state index in [-0.39, 0.29) is 16.9 Å². The number of aromatic nitrogens is 2. The van der Waals surface area contributed by atoms with Gasteiger partial charge in [-0.1, -0.05) is 37.3 Å². The number of rotatable bonds is 3. The Kier molecular flexibility index (Phi) is 4.63. The van der Waals surface area contributed by atoms with Crippen LogP contribution in [0.4, 0.5) is 0 Å². The van der Waals surface area contributed by atoms with E-state index in [0.29, 0.717) is 16.6 Å². The standard InChI is InChI=1S/C20H21ClN2O2Si/c1-11-8-18(26(3,4)5)14(21)9-13(11)16-10-17(25)19-15(23-16)6-7-22-20(19)12(2)24/h6-10H,1-5H3,(H,23,25). The molecule has 1 N–H and O–H groups in total. The maximum atomic E-state index is 12.7. The Bertz CT molecular complexity index is 1100. The highest BCUT2D eigenvalue weighted by atomic mass is 35.5. The molecule has 0 saturated carbocycles. The van der Waals surface area contributed by atoms with Gasteiger partial charge in [0.2, 0.25) is 0 Å². The topological polar surface area (TPSA) is 62.8 Å². The van der Waals surface area contributed by atoms with Crippen LogP contribution in [0.25, 0.3) is 22.2 Å². The summed E-state index contributed by atoms with van der Waals surface area (Å²) in [6.45, 7) is 10.2. The number of aryl methyl sites for hydroxylation is 1. The first-order valence-corrected chi connectivity index (χ1v) is 12.3. The van der Waals surface area contributed by atoms with Gasteiger partial charge in [0, 0.05) is 29.8 Å². The van der Waals surface area contributed by atoms with Gasteiger partial charge in [-0.25, -0.2) is 0 Å². The molecule has 134 valence electrons. The van der Waals surface area contributed by atoms with Crippen LogP contribution in [0.2, 0.25) is 24.7 Å². The van der Waals surface area contributed by atoms with Crippen molar-refractivity contribution in [2.75, 3.05) is 0 Å². The third kappa shape index (κ3) is 3.24. The fourth-order valence-electron chi connectivity index (χ4n) is 3.16. The van der Waals surface area contributed by atoms with Crippen molar-refractivity contribution in [2.24, 2.45) is 0 Å². The minimum absolute atomic E-state index is 0.194. The van der Waals surface area contributed by atoms with Crippen molar-refractivity contribution in [1.82, 2.24) is 9.97 Å². The predicted octanol–water partition coefficient (Wildman–Crippen LogP) is 4.30. The number of fused-ring (bicyclic) bond motifs is 1. The number of benzene rings is 1. The second-order valence-electron chi connectivity index (χ2n) is 7.58. The van der Waals surface area contributed by atoms with Crippen molar-refractivity contribution in [3.8, 4) is 11.3 Å². The molecule has 0 saturated heterocycles. The number of carbonyl (C=O) groups excluding carboxylic acids is 1. The van der Waals surface area contributed by atoms with Crippen molar-refractivity contribution in [2.45, 2.75) is 33.5 Å². The molecule has 0 spiro atoms. The van der Waals surface area contributed by atoms with E-state index in [4.69, 9.17) is 11.6 Å². The molecule has 6 heteroatoms. The summed E-state index contributed by atoms with van der Waals surface area (Å²) in [5.74, 6) is -0.229. The van der Waals surface area contributed by atoms with E-state index in [2.05, 4.69) is 35.7 Å². The molecule has 0 atom stereocenters. The fourth-order valence-corrected chi connectivity index (χ4v) is 5.61. The lowest BCUT2D eigenvalue weighted by Gasteiger charge is -2.21. The number of H-pyrrole nitrogens is 1. The van der Waals surface area contributed by atoms with Crippen LogP contribution in [-0.4, -0.2) is 23.8 Å². The SMILES string of the molecule is CC(=O)c1nccc2[nH]c(-c3cc(Cl)c([Si](C)(C)C)cc3C)cc(=O)c12. The number of hydrogen-bond acceptors (Lipinski definition) is 3. The first kappa shape index (κ1) is 18.5. The predicted molar refractivity (Wildman–Crippen MR) is 111 cm³/mol. The zero-order chi connectivity index (χ0) is 19.2.